The molecule has 0 aliphatic heterocycles. The Hall–Kier alpha value is -2.02. The quantitative estimate of drug-likeness (QED) is 0.515. The third-order valence-electron chi connectivity index (χ3n) is 4.65. The van der Waals surface area contributed by atoms with Gasteiger partial charge in [-0.25, -0.2) is 0 Å². The third-order valence-corrected chi connectivity index (χ3v) is 6.28. The number of hydrogen-bond donors (Lipinski definition) is 1. The van der Waals surface area contributed by atoms with Crippen LogP contribution in [0.15, 0.2) is 53.7 Å². The first-order valence-electron chi connectivity index (χ1n) is 9.41. The molecule has 1 heterocycles. The normalized spacial score (nSPS) is 14.6. The highest BCUT2D eigenvalue weighted by Gasteiger charge is 2.27. The summed E-state index contributed by atoms with van der Waals surface area (Å²) in [5.74, 6) is 0.672. The first-order chi connectivity index (χ1) is 14.0. The van der Waals surface area contributed by atoms with E-state index in [-0.39, 0.29) is 11.2 Å². The van der Waals surface area contributed by atoms with E-state index in [1.165, 1.54) is 11.8 Å². The van der Waals surface area contributed by atoms with Gasteiger partial charge in [0.05, 0.1) is 16.8 Å². The van der Waals surface area contributed by atoms with Gasteiger partial charge in [0.25, 0.3) is 0 Å². The fraction of sp³-hybridized carbons (Fsp3) is 0.286. The SMILES string of the molecule is CC(Sc1nnc(-c2ccc(Cl)cc2Cl)n1Cc1ccccc1)C(=O)NC1CC1. The van der Waals surface area contributed by atoms with Crippen LogP contribution in [-0.4, -0.2) is 32.0 Å². The lowest BCUT2D eigenvalue weighted by Gasteiger charge is -2.14. The van der Waals surface area contributed by atoms with Crippen LogP contribution in [0.3, 0.4) is 0 Å². The van der Waals surface area contributed by atoms with Gasteiger partial charge in [-0.3, -0.25) is 9.36 Å². The number of benzene rings is 2. The lowest BCUT2D eigenvalue weighted by atomic mass is 10.2. The van der Waals surface area contributed by atoms with Gasteiger partial charge >= 0.3 is 0 Å². The maximum absolute atomic E-state index is 12.4. The molecule has 0 spiro atoms. The van der Waals surface area contributed by atoms with E-state index >= 15 is 0 Å². The lowest BCUT2D eigenvalue weighted by molar-refractivity contribution is -0.120. The number of halogens is 2. The summed E-state index contributed by atoms with van der Waals surface area (Å²) in [4.78, 5) is 12.4. The number of thioether (sulfide) groups is 1. The Kier molecular flexibility index (Phi) is 6.13. The van der Waals surface area contributed by atoms with E-state index in [0.717, 1.165) is 24.0 Å². The maximum atomic E-state index is 12.4. The van der Waals surface area contributed by atoms with E-state index in [4.69, 9.17) is 23.2 Å². The molecule has 1 aliphatic rings. The monoisotopic (exact) mass is 446 g/mol. The number of rotatable bonds is 7. The number of carbonyl (C=O) groups excluding carboxylic acids is 1. The molecule has 1 saturated carbocycles. The Labute approximate surface area is 183 Å². The number of hydrogen-bond acceptors (Lipinski definition) is 4. The molecule has 5 nitrogen and oxygen atoms in total. The van der Waals surface area contributed by atoms with Crippen molar-refractivity contribution in [3.63, 3.8) is 0 Å². The first kappa shape index (κ1) is 20.3. The molecule has 1 aliphatic carbocycles. The molecule has 1 atom stereocenters. The van der Waals surface area contributed by atoms with Gasteiger partial charge < -0.3 is 5.32 Å². The second-order valence-electron chi connectivity index (χ2n) is 7.05. The van der Waals surface area contributed by atoms with Gasteiger partial charge in [-0.2, -0.15) is 0 Å². The Bertz CT molecular complexity index is 1020. The molecule has 1 N–H and O–H groups in total. The molecule has 0 radical (unpaired) electrons. The zero-order valence-corrected chi connectivity index (χ0v) is 18.1. The number of amides is 1. The van der Waals surface area contributed by atoms with E-state index in [2.05, 4.69) is 15.5 Å². The largest absolute Gasteiger partial charge is 0.352 e. The third kappa shape index (κ3) is 4.94. The highest BCUT2D eigenvalue weighted by molar-refractivity contribution is 8.00. The van der Waals surface area contributed by atoms with E-state index in [1.54, 1.807) is 12.1 Å². The average Bonchev–Trinajstić information content (AvgIpc) is 3.44. The smallest absolute Gasteiger partial charge is 0.233 e. The summed E-state index contributed by atoms with van der Waals surface area (Å²) in [7, 11) is 0. The molecule has 0 saturated heterocycles. The Morgan fingerprint density at radius 1 is 1.21 bits per heavy atom. The van der Waals surface area contributed by atoms with Crippen LogP contribution in [0.4, 0.5) is 0 Å². The van der Waals surface area contributed by atoms with Crippen LogP contribution < -0.4 is 5.32 Å². The fourth-order valence-electron chi connectivity index (χ4n) is 2.91. The highest BCUT2D eigenvalue weighted by Crippen LogP contribution is 2.33. The van der Waals surface area contributed by atoms with Gasteiger partial charge in [-0.1, -0.05) is 65.3 Å². The van der Waals surface area contributed by atoms with Crippen LogP contribution in [0.5, 0.6) is 0 Å². The Morgan fingerprint density at radius 2 is 1.97 bits per heavy atom. The second kappa shape index (κ2) is 8.78. The summed E-state index contributed by atoms with van der Waals surface area (Å²) >= 11 is 13.9. The molecule has 1 aromatic heterocycles. The molecule has 150 valence electrons. The molecular formula is C21H20Cl2N4OS. The van der Waals surface area contributed by atoms with Crippen molar-refractivity contribution in [2.45, 2.75) is 42.8 Å². The highest BCUT2D eigenvalue weighted by atomic mass is 35.5. The summed E-state index contributed by atoms with van der Waals surface area (Å²) < 4.78 is 2.00. The average molecular weight is 447 g/mol. The van der Waals surface area contributed by atoms with Crippen LogP contribution in [0.1, 0.15) is 25.3 Å². The summed E-state index contributed by atoms with van der Waals surface area (Å²) in [5.41, 5.74) is 1.86. The topological polar surface area (TPSA) is 59.8 Å². The van der Waals surface area contributed by atoms with Gasteiger partial charge in [0, 0.05) is 16.6 Å². The van der Waals surface area contributed by atoms with Gasteiger partial charge in [0.15, 0.2) is 11.0 Å². The van der Waals surface area contributed by atoms with Crippen LogP contribution in [-0.2, 0) is 11.3 Å². The maximum Gasteiger partial charge on any atom is 0.233 e. The molecule has 2 aromatic carbocycles. The predicted octanol–water partition coefficient (Wildman–Crippen LogP) is 5.06. The predicted molar refractivity (Wildman–Crippen MR) is 118 cm³/mol. The van der Waals surface area contributed by atoms with Crippen molar-refractivity contribution in [1.29, 1.82) is 0 Å². The molecule has 29 heavy (non-hydrogen) atoms. The summed E-state index contributed by atoms with van der Waals surface area (Å²) in [6.45, 7) is 2.46. The molecule has 3 aromatic rings. The molecule has 8 heteroatoms. The Morgan fingerprint density at radius 3 is 2.66 bits per heavy atom. The molecule has 0 bridgehead atoms. The van der Waals surface area contributed by atoms with Crippen molar-refractivity contribution < 1.29 is 4.79 Å². The van der Waals surface area contributed by atoms with Crippen molar-refractivity contribution in [3.05, 3.63) is 64.1 Å². The van der Waals surface area contributed by atoms with Crippen molar-refractivity contribution in [3.8, 4) is 11.4 Å². The van der Waals surface area contributed by atoms with Crippen molar-refractivity contribution in [2.75, 3.05) is 0 Å². The molecule has 1 amide bonds. The van der Waals surface area contributed by atoms with E-state index in [9.17, 15) is 4.79 Å². The minimum Gasteiger partial charge on any atom is -0.352 e. The molecule has 1 fully saturated rings. The Balaban J connectivity index is 1.66. The van der Waals surface area contributed by atoms with Crippen molar-refractivity contribution in [2.24, 2.45) is 0 Å². The number of nitrogens with one attached hydrogen (secondary N) is 1. The van der Waals surface area contributed by atoms with Crippen molar-refractivity contribution in [1.82, 2.24) is 20.1 Å². The first-order valence-corrected chi connectivity index (χ1v) is 11.0. The van der Waals surface area contributed by atoms with Crippen LogP contribution in [0, 0.1) is 0 Å². The van der Waals surface area contributed by atoms with Gasteiger partial charge in [0.1, 0.15) is 0 Å². The van der Waals surface area contributed by atoms with E-state index in [1.807, 2.05) is 47.9 Å². The zero-order valence-electron chi connectivity index (χ0n) is 15.8. The number of aromatic nitrogens is 3. The van der Waals surface area contributed by atoms with E-state index < -0.39 is 0 Å². The van der Waals surface area contributed by atoms with Gasteiger partial charge in [-0.05, 0) is 43.5 Å². The van der Waals surface area contributed by atoms with Gasteiger partial charge in [-0.15, -0.1) is 10.2 Å². The minimum absolute atomic E-state index is 0.0258. The lowest BCUT2D eigenvalue weighted by Crippen LogP contribution is -2.32. The standard InChI is InChI=1S/C21H20Cl2N4OS/c1-13(20(28)24-16-8-9-16)29-21-26-25-19(17-10-7-15(22)11-18(17)23)27(21)12-14-5-3-2-4-6-14/h2-7,10-11,13,16H,8-9,12H2,1H3,(H,24,28). The number of carbonyl (C=O) groups is 1. The summed E-state index contributed by atoms with van der Waals surface area (Å²) in [6, 6.07) is 15.7. The van der Waals surface area contributed by atoms with E-state index in [0.29, 0.717) is 33.6 Å². The van der Waals surface area contributed by atoms with Crippen molar-refractivity contribution >= 4 is 40.9 Å². The molecular weight excluding hydrogens is 427 g/mol. The van der Waals surface area contributed by atoms with Crippen LogP contribution in [0.2, 0.25) is 10.0 Å². The molecule has 1 unspecified atom stereocenters. The van der Waals surface area contributed by atoms with Crippen LogP contribution >= 0.6 is 35.0 Å². The molecule has 4 rings (SSSR count). The summed E-state index contributed by atoms with van der Waals surface area (Å²) in [6.07, 6.45) is 2.12. The minimum atomic E-state index is -0.275. The van der Waals surface area contributed by atoms with Gasteiger partial charge in [0.2, 0.25) is 5.91 Å². The zero-order chi connectivity index (χ0) is 20.4. The van der Waals surface area contributed by atoms with Crippen LogP contribution in [0.25, 0.3) is 11.4 Å². The fourth-order valence-corrected chi connectivity index (χ4v) is 4.26. The second-order valence-corrected chi connectivity index (χ2v) is 9.20. The number of nitrogens with zero attached hydrogens (tertiary/aromatic N) is 3. The summed E-state index contributed by atoms with van der Waals surface area (Å²) in [5, 5.41) is 13.3.